The van der Waals surface area contributed by atoms with Crippen LogP contribution in [0.2, 0.25) is 0 Å². The third-order valence-electron chi connectivity index (χ3n) is 5.17. The summed E-state index contributed by atoms with van der Waals surface area (Å²) >= 11 is 0. The van der Waals surface area contributed by atoms with Crippen LogP contribution in [-0.4, -0.2) is 22.5 Å². The van der Waals surface area contributed by atoms with Crippen LogP contribution in [0, 0.1) is 0 Å². The van der Waals surface area contributed by atoms with E-state index in [-0.39, 0.29) is 11.9 Å². The lowest BCUT2D eigenvalue weighted by Gasteiger charge is -2.23. The monoisotopic (exact) mass is 360 g/mol. The first kappa shape index (κ1) is 17.5. The zero-order valence-electron chi connectivity index (χ0n) is 15.6. The Hall–Kier alpha value is -2.88. The number of hydrogen-bond donors (Lipinski definition) is 0. The van der Waals surface area contributed by atoms with Crippen molar-refractivity contribution in [2.75, 3.05) is 6.54 Å². The summed E-state index contributed by atoms with van der Waals surface area (Å²) < 4.78 is 5.43. The Balaban J connectivity index is 1.52. The van der Waals surface area contributed by atoms with E-state index >= 15 is 0 Å². The summed E-state index contributed by atoms with van der Waals surface area (Å²) in [6.45, 7) is 2.88. The zero-order valence-corrected chi connectivity index (χ0v) is 15.6. The zero-order chi connectivity index (χ0) is 18.6. The van der Waals surface area contributed by atoms with Crippen molar-refractivity contribution >= 4 is 5.91 Å². The van der Waals surface area contributed by atoms with Crippen molar-refractivity contribution < 1.29 is 9.32 Å². The first-order valence-corrected chi connectivity index (χ1v) is 9.68. The Morgan fingerprint density at radius 2 is 1.85 bits per heavy atom. The van der Waals surface area contributed by atoms with Crippen LogP contribution in [0.3, 0.4) is 0 Å². The molecule has 1 aromatic heterocycles. The van der Waals surface area contributed by atoms with Crippen LogP contribution >= 0.6 is 0 Å². The minimum Gasteiger partial charge on any atom is -0.361 e. The number of likely N-dealkylation sites (tertiary alicyclic amines) is 1. The molecule has 0 saturated carbocycles. The van der Waals surface area contributed by atoms with Gasteiger partial charge in [-0.2, -0.15) is 0 Å². The standard InChI is InChI=1S/C23H24N2O2/c1-2-7-20-16-21(24-27-20)22-10-6-15-25(22)23(26)19-13-11-18(12-14-19)17-8-4-3-5-9-17/h3-5,8-9,11-14,16,22H,2,6-7,10,15H2,1H3/t22-/m1/s1. The summed E-state index contributed by atoms with van der Waals surface area (Å²) in [5, 5.41) is 4.23. The van der Waals surface area contributed by atoms with Crippen molar-refractivity contribution in [3.8, 4) is 11.1 Å². The smallest absolute Gasteiger partial charge is 0.254 e. The Morgan fingerprint density at radius 1 is 1.11 bits per heavy atom. The van der Waals surface area contributed by atoms with Gasteiger partial charge < -0.3 is 9.42 Å². The van der Waals surface area contributed by atoms with Gasteiger partial charge in [0.25, 0.3) is 5.91 Å². The summed E-state index contributed by atoms with van der Waals surface area (Å²) in [5.41, 5.74) is 3.87. The molecule has 27 heavy (non-hydrogen) atoms. The van der Waals surface area contributed by atoms with Crippen molar-refractivity contribution in [2.24, 2.45) is 0 Å². The number of rotatable bonds is 5. The van der Waals surface area contributed by atoms with E-state index < -0.39 is 0 Å². The van der Waals surface area contributed by atoms with Crippen molar-refractivity contribution in [3.05, 3.63) is 77.7 Å². The summed E-state index contributed by atoms with van der Waals surface area (Å²) in [6, 6.07) is 20.1. The molecule has 3 aromatic rings. The SMILES string of the molecule is CCCc1cc([C@H]2CCCN2C(=O)c2ccc(-c3ccccc3)cc2)no1. The maximum atomic E-state index is 13.1. The van der Waals surface area contributed by atoms with E-state index in [1.165, 1.54) is 0 Å². The number of carbonyl (C=O) groups is 1. The molecule has 0 radical (unpaired) electrons. The second-order valence-electron chi connectivity index (χ2n) is 7.07. The fraction of sp³-hybridized carbons (Fsp3) is 0.304. The van der Waals surface area contributed by atoms with E-state index in [0.717, 1.165) is 60.4 Å². The number of amides is 1. The van der Waals surface area contributed by atoms with Gasteiger partial charge in [-0.05, 0) is 42.5 Å². The molecule has 1 atom stereocenters. The lowest BCUT2D eigenvalue weighted by atomic mass is 10.0. The maximum absolute atomic E-state index is 13.1. The molecule has 0 spiro atoms. The third-order valence-corrected chi connectivity index (χ3v) is 5.17. The second kappa shape index (κ2) is 7.78. The van der Waals surface area contributed by atoms with Crippen LogP contribution in [0.25, 0.3) is 11.1 Å². The maximum Gasteiger partial charge on any atom is 0.254 e. The number of carbonyl (C=O) groups excluding carboxylic acids is 1. The Morgan fingerprint density at radius 3 is 2.59 bits per heavy atom. The highest BCUT2D eigenvalue weighted by Crippen LogP contribution is 2.33. The van der Waals surface area contributed by atoms with Crippen LogP contribution in [0.1, 0.15) is 54.0 Å². The van der Waals surface area contributed by atoms with Crippen molar-refractivity contribution in [1.29, 1.82) is 0 Å². The van der Waals surface area contributed by atoms with Crippen LogP contribution in [0.5, 0.6) is 0 Å². The number of nitrogens with zero attached hydrogens (tertiary/aromatic N) is 2. The van der Waals surface area contributed by atoms with Gasteiger partial charge in [0.15, 0.2) is 0 Å². The molecule has 1 aliphatic rings. The highest BCUT2D eigenvalue weighted by molar-refractivity contribution is 5.95. The minimum atomic E-state index is 0.0145. The van der Waals surface area contributed by atoms with Crippen molar-refractivity contribution in [2.45, 2.75) is 38.6 Å². The minimum absolute atomic E-state index is 0.0145. The second-order valence-corrected chi connectivity index (χ2v) is 7.07. The fourth-order valence-corrected chi connectivity index (χ4v) is 3.77. The molecule has 4 nitrogen and oxygen atoms in total. The molecule has 0 unspecified atom stereocenters. The Bertz CT molecular complexity index is 900. The molecule has 4 rings (SSSR count). The summed E-state index contributed by atoms with van der Waals surface area (Å²) in [5.74, 6) is 0.969. The lowest BCUT2D eigenvalue weighted by molar-refractivity contribution is 0.0731. The first-order chi connectivity index (χ1) is 13.3. The highest BCUT2D eigenvalue weighted by Gasteiger charge is 2.32. The quantitative estimate of drug-likeness (QED) is 0.622. The van der Waals surface area contributed by atoms with E-state index in [9.17, 15) is 4.79 Å². The van der Waals surface area contributed by atoms with Gasteiger partial charge in [0, 0.05) is 24.6 Å². The van der Waals surface area contributed by atoms with Crippen LogP contribution in [-0.2, 0) is 6.42 Å². The average Bonchev–Trinajstić information content (AvgIpc) is 3.38. The van der Waals surface area contributed by atoms with Crippen molar-refractivity contribution in [1.82, 2.24) is 10.1 Å². The third kappa shape index (κ3) is 3.65. The van der Waals surface area contributed by atoms with Crippen LogP contribution in [0.4, 0.5) is 0 Å². The fourth-order valence-electron chi connectivity index (χ4n) is 3.77. The van der Waals surface area contributed by atoms with E-state index in [1.54, 1.807) is 0 Å². The number of benzene rings is 2. The van der Waals surface area contributed by atoms with Gasteiger partial charge in [0.1, 0.15) is 11.5 Å². The molecule has 1 fully saturated rings. The molecular formula is C23H24N2O2. The molecular weight excluding hydrogens is 336 g/mol. The molecule has 1 aliphatic heterocycles. The molecule has 1 saturated heterocycles. The van der Waals surface area contributed by atoms with Gasteiger partial charge in [-0.15, -0.1) is 0 Å². The predicted molar refractivity (Wildman–Crippen MR) is 105 cm³/mol. The lowest BCUT2D eigenvalue weighted by Crippen LogP contribution is -2.30. The number of aromatic nitrogens is 1. The summed E-state index contributed by atoms with van der Waals surface area (Å²) in [4.78, 5) is 15.0. The molecule has 0 aliphatic carbocycles. The van der Waals surface area contributed by atoms with Crippen LogP contribution in [0.15, 0.2) is 65.2 Å². The average molecular weight is 360 g/mol. The van der Waals surface area contributed by atoms with Gasteiger partial charge in [-0.25, -0.2) is 0 Å². The topological polar surface area (TPSA) is 46.3 Å². The first-order valence-electron chi connectivity index (χ1n) is 9.68. The Labute approximate surface area is 159 Å². The molecule has 0 bridgehead atoms. The molecule has 2 aromatic carbocycles. The number of hydrogen-bond acceptors (Lipinski definition) is 3. The van der Waals surface area contributed by atoms with E-state index in [2.05, 4.69) is 24.2 Å². The normalized spacial score (nSPS) is 16.6. The van der Waals surface area contributed by atoms with Gasteiger partial charge >= 0.3 is 0 Å². The summed E-state index contributed by atoms with van der Waals surface area (Å²) in [6.07, 6.45) is 3.84. The van der Waals surface area contributed by atoms with Gasteiger partial charge in [0.2, 0.25) is 0 Å². The molecule has 2 heterocycles. The van der Waals surface area contributed by atoms with Gasteiger partial charge in [-0.3, -0.25) is 4.79 Å². The predicted octanol–water partition coefficient (Wildman–Crippen LogP) is 5.27. The van der Waals surface area contributed by atoms with Crippen molar-refractivity contribution in [3.63, 3.8) is 0 Å². The molecule has 4 heteroatoms. The van der Waals surface area contributed by atoms with Gasteiger partial charge in [0.05, 0.1) is 6.04 Å². The highest BCUT2D eigenvalue weighted by atomic mass is 16.5. The van der Waals surface area contributed by atoms with Crippen LogP contribution < -0.4 is 0 Å². The Kier molecular flexibility index (Phi) is 5.05. The van der Waals surface area contributed by atoms with E-state index in [4.69, 9.17) is 4.52 Å². The van der Waals surface area contributed by atoms with E-state index in [0.29, 0.717) is 0 Å². The number of aryl methyl sites for hydroxylation is 1. The molecule has 0 N–H and O–H groups in total. The van der Waals surface area contributed by atoms with Gasteiger partial charge in [-0.1, -0.05) is 54.5 Å². The van der Waals surface area contributed by atoms with E-state index in [1.807, 2.05) is 53.4 Å². The molecule has 138 valence electrons. The summed E-state index contributed by atoms with van der Waals surface area (Å²) in [7, 11) is 0. The largest absolute Gasteiger partial charge is 0.361 e. The molecule has 1 amide bonds.